The number of nitrogens with zero attached hydrogens (tertiary/aromatic N) is 2. The van der Waals surface area contributed by atoms with Crippen molar-refractivity contribution in [2.75, 3.05) is 12.8 Å². The van der Waals surface area contributed by atoms with Gasteiger partial charge in [0, 0.05) is 12.3 Å². The molecule has 0 saturated heterocycles. The predicted molar refractivity (Wildman–Crippen MR) is 50.5 cm³/mol. The lowest BCUT2D eigenvalue weighted by atomic mass is 10.3. The molecule has 2 aromatic heterocycles. The highest BCUT2D eigenvalue weighted by atomic mass is 16.5. The van der Waals surface area contributed by atoms with Gasteiger partial charge in [-0.1, -0.05) is 0 Å². The SMILES string of the molecule is COc1cnc2c(N)ccnc2c1. The van der Waals surface area contributed by atoms with Crippen molar-refractivity contribution in [1.82, 2.24) is 9.97 Å². The molecular weight excluding hydrogens is 166 g/mol. The third kappa shape index (κ3) is 1.26. The summed E-state index contributed by atoms with van der Waals surface area (Å²) in [5.74, 6) is 0.686. The summed E-state index contributed by atoms with van der Waals surface area (Å²) >= 11 is 0. The number of fused-ring (bicyclic) bond motifs is 1. The number of nitrogens with two attached hydrogens (primary N) is 1. The van der Waals surface area contributed by atoms with Crippen LogP contribution in [-0.2, 0) is 0 Å². The van der Waals surface area contributed by atoms with E-state index in [1.54, 1.807) is 31.6 Å². The third-order valence-electron chi connectivity index (χ3n) is 1.82. The molecule has 0 bridgehead atoms. The first-order valence-corrected chi connectivity index (χ1v) is 3.85. The van der Waals surface area contributed by atoms with Gasteiger partial charge in [-0.15, -0.1) is 0 Å². The van der Waals surface area contributed by atoms with Crippen LogP contribution in [0.5, 0.6) is 5.75 Å². The monoisotopic (exact) mass is 175 g/mol. The number of hydrogen-bond acceptors (Lipinski definition) is 4. The molecule has 0 aliphatic carbocycles. The maximum Gasteiger partial charge on any atom is 0.139 e. The minimum atomic E-state index is 0.632. The number of nitrogen functional groups attached to an aromatic ring is 1. The molecule has 4 nitrogen and oxygen atoms in total. The van der Waals surface area contributed by atoms with Gasteiger partial charge in [-0.2, -0.15) is 0 Å². The lowest BCUT2D eigenvalue weighted by molar-refractivity contribution is 0.413. The Balaban J connectivity index is 2.72. The van der Waals surface area contributed by atoms with Crippen LogP contribution in [-0.4, -0.2) is 17.1 Å². The van der Waals surface area contributed by atoms with Crippen molar-refractivity contribution < 1.29 is 4.74 Å². The van der Waals surface area contributed by atoms with Crippen molar-refractivity contribution >= 4 is 16.7 Å². The molecule has 0 aliphatic heterocycles. The average Bonchev–Trinajstić information content (AvgIpc) is 2.18. The number of hydrogen-bond donors (Lipinski definition) is 1. The van der Waals surface area contributed by atoms with Gasteiger partial charge in [0.25, 0.3) is 0 Å². The molecule has 0 fully saturated rings. The van der Waals surface area contributed by atoms with Crippen LogP contribution in [0.15, 0.2) is 24.5 Å². The lowest BCUT2D eigenvalue weighted by Gasteiger charge is -2.02. The second-order valence-corrected chi connectivity index (χ2v) is 2.64. The van der Waals surface area contributed by atoms with E-state index in [9.17, 15) is 0 Å². The molecule has 4 heteroatoms. The Bertz CT molecular complexity index is 442. The highest BCUT2D eigenvalue weighted by molar-refractivity contribution is 5.86. The maximum atomic E-state index is 5.70. The maximum absolute atomic E-state index is 5.70. The van der Waals surface area contributed by atoms with Gasteiger partial charge in [-0.25, -0.2) is 4.98 Å². The predicted octanol–water partition coefficient (Wildman–Crippen LogP) is 1.22. The average molecular weight is 175 g/mol. The van der Waals surface area contributed by atoms with Crippen molar-refractivity contribution in [3.05, 3.63) is 24.5 Å². The molecule has 0 aliphatic rings. The molecule has 0 spiro atoms. The van der Waals surface area contributed by atoms with Gasteiger partial charge < -0.3 is 10.5 Å². The number of anilines is 1. The molecule has 0 unspecified atom stereocenters. The first-order valence-electron chi connectivity index (χ1n) is 3.85. The van der Waals surface area contributed by atoms with Crippen LogP contribution in [0.4, 0.5) is 5.69 Å². The minimum absolute atomic E-state index is 0.632. The highest BCUT2D eigenvalue weighted by Gasteiger charge is 2.00. The van der Waals surface area contributed by atoms with Crippen LogP contribution in [0.2, 0.25) is 0 Å². The summed E-state index contributed by atoms with van der Waals surface area (Å²) in [4.78, 5) is 8.27. The molecule has 0 saturated carbocycles. The van der Waals surface area contributed by atoms with Crippen molar-refractivity contribution in [2.45, 2.75) is 0 Å². The third-order valence-corrected chi connectivity index (χ3v) is 1.82. The van der Waals surface area contributed by atoms with E-state index >= 15 is 0 Å². The molecule has 0 aromatic carbocycles. The Labute approximate surface area is 75.4 Å². The van der Waals surface area contributed by atoms with E-state index in [2.05, 4.69) is 9.97 Å². The zero-order valence-electron chi connectivity index (χ0n) is 7.19. The Morgan fingerprint density at radius 1 is 1.38 bits per heavy atom. The van der Waals surface area contributed by atoms with E-state index in [1.165, 1.54) is 0 Å². The lowest BCUT2D eigenvalue weighted by Crippen LogP contribution is -1.92. The second kappa shape index (κ2) is 2.90. The normalized spacial score (nSPS) is 10.2. The Morgan fingerprint density at radius 3 is 3.00 bits per heavy atom. The first-order chi connectivity index (χ1) is 6.31. The fourth-order valence-corrected chi connectivity index (χ4v) is 1.14. The van der Waals surface area contributed by atoms with Crippen LogP contribution in [0.3, 0.4) is 0 Å². The van der Waals surface area contributed by atoms with Gasteiger partial charge in [-0.05, 0) is 6.07 Å². The fourth-order valence-electron chi connectivity index (χ4n) is 1.14. The molecule has 2 N–H and O–H groups in total. The van der Waals surface area contributed by atoms with Gasteiger partial charge in [-0.3, -0.25) is 4.98 Å². The first kappa shape index (κ1) is 7.79. The molecular formula is C9H9N3O. The number of aromatic nitrogens is 2. The van der Waals surface area contributed by atoms with E-state index in [0.29, 0.717) is 17.0 Å². The standard InChI is InChI=1S/C9H9N3O/c1-13-6-4-8-9(12-5-6)7(10)2-3-11-8/h2-5H,1H3,(H2,10,11). The summed E-state index contributed by atoms with van der Waals surface area (Å²) < 4.78 is 5.02. The van der Waals surface area contributed by atoms with Crippen molar-refractivity contribution in [3.63, 3.8) is 0 Å². The highest BCUT2D eigenvalue weighted by Crippen LogP contribution is 2.19. The van der Waals surface area contributed by atoms with Gasteiger partial charge in [0.1, 0.15) is 11.3 Å². The molecule has 2 rings (SSSR count). The molecule has 0 radical (unpaired) electrons. The van der Waals surface area contributed by atoms with E-state index in [1.807, 2.05) is 0 Å². The van der Waals surface area contributed by atoms with Crippen molar-refractivity contribution in [1.29, 1.82) is 0 Å². The van der Waals surface area contributed by atoms with Gasteiger partial charge in [0.2, 0.25) is 0 Å². The second-order valence-electron chi connectivity index (χ2n) is 2.64. The summed E-state index contributed by atoms with van der Waals surface area (Å²) in [6.45, 7) is 0. The summed E-state index contributed by atoms with van der Waals surface area (Å²) in [6, 6.07) is 3.53. The van der Waals surface area contributed by atoms with Crippen LogP contribution >= 0.6 is 0 Å². The largest absolute Gasteiger partial charge is 0.495 e. The minimum Gasteiger partial charge on any atom is -0.495 e. The summed E-state index contributed by atoms with van der Waals surface area (Å²) in [5, 5.41) is 0. The molecule has 13 heavy (non-hydrogen) atoms. The summed E-state index contributed by atoms with van der Waals surface area (Å²) in [7, 11) is 1.59. The van der Waals surface area contributed by atoms with Gasteiger partial charge in [0.15, 0.2) is 0 Å². The number of pyridine rings is 2. The molecule has 2 aromatic rings. The number of ether oxygens (including phenoxy) is 1. The van der Waals surface area contributed by atoms with E-state index in [-0.39, 0.29) is 0 Å². The molecule has 66 valence electrons. The molecule has 2 heterocycles. The van der Waals surface area contributed by atoms with E-state index in [0.717, 1.165) is 5.52 Å². The summed E-state index contributed by atoms with van der Waals surface area (Å²) in [5.41, 5.74) is 7.80. The van der Waals surface area contributed by atoms with Crippen LogP contribution in [0.25, 0.3) is 11.0 Å². The van der Waals surface area contributed by atoms with Gasteiger partial charge in [0.05, 0.1) is 24.5 Å². The Morgan fingerprint density at radius 2 is 2.23 bits per heavy atom. The zero-order valence-corrected chi connectivity index (χ0v) is 7.19. The fraction of sp³-hybridized carbons (Fsp3) is 0.111. The smallest absolute Gasteiger partial charge is 0.139 e. The van der Waals surface area contributed by atoms with Crippen molar-refractivity contribution in [3.8, 4) is 5.75 Å². The van der Waals surface area contributed by atoms with Crippen molar-refractivity contribution in [2.24, 2.45) is 0 Å². The molecule has 0 atom stereocenters. The van der Waals surface area contributed by atoms with E-state index in [4.69, 9.17) is 10.5 Å². The Kier molecular flexibility index (Phi) is 1.73. The van der Waals surface area contributed by atoms with E-state index < -0.39 is 0 Å². The van der Waals surface area contributed by atoms with Crippen LogP contribution in [0, 0.1) is 0 Å². The number of rotatable bonds is 1. The van der Waals surface area contributed by atoms with Crippen LogP contribution in [0.1, 0.15) is 0 Å². The van der Waals surface area contributed by atoms with Crippen LogP contribution < -0.4 is 10.5 Å². The summed E-state index contributed by atoms with van der Waals surface area (Å²) in [6.07, 6.45) is 3.28. The number of methoxy groups -OCH3 is 1. The van der Waals surface area contributed by atoms with Gasteiger partial charge >= 0.3 is 0 Å². The molecule has 0 amide bonds. The Hall–Kier alpha value is -1.84. The zero-order chi connectivity index (χ0) is 9.26. The quantitative estimate of drug-likeness (QED) is 0.707. The topological polar surface area (TPSA) is 61.0 Å².